The molecule has 0 fully saturated rings. The van der Waals surface area contributed by atoms with Crippen LogP contribution < -0.4 is 10.9 Å². The average molecular weight is 286 g/mol. The molecule has 1 aromatic heterocycles. The lowest BCUT2D eigenvalue weighted by Crippen LogP contribution is -2.23. The molecule has 0 unspecified atom stereocenters. The third kappa shape index (κ3) is 3.17. The summed E-state index contributed by atoms with van der Waals surface area (Å²) in [4.78, 5) is 37.2. The fourth-order valence-corrected chi connectivity index (χ4v) is 1.93. The van der Waals surface area contributed by atoms with Crippen molar-refractivity contribution >= 4 is 17.6 Å². The Morgan fingerprint density at radius 3 is 2.33 bits per heavy atom. The predicted octanol–water partition coefficient (Wildman–Crippen LogP) is 1.94. The summed E-state index contributed by atoms with van der Waals surface area (Å²) < 4.78 is 0. The quantitative estimate of drug-likeness (QED) is 0.802. The van der Waals surface area contributed by atoms with Crippen molar-refractivity contribution in [3.05, 3.63) is 63.1 Å². The molecule has 1 heterocycles. The Morgan fingerprint density at radius 1 is 1.10 bits per heavy atom. The fourth-order valence-electron chi connectivity index (χ4n) is 1.93. The monoisotopic (exact) mass is 286 g/mol. The van der Waals surface area contributed by atoms with E-state index >= 15 is 0 Å². The van der Waals surface area contributed by atoms with Crippen molar-refractivity contribution in [2.45, 2.75) is 13.8 Å². The van der Waals surface area contributed by atoms with Crippen molar-refractivity contribution < 1.29 is 14.7 Å². The molecule has 0 aliphatic carbocycles. The van der Waals surface area contributed by atoms with E-state index in [1.807, 2.05) is 0 Å². The molecule has 3 N–H and O–H groups in total. The Morgan fingerprint density at radius 2 is 1.76 bits per heavy atom. The van der Waals surface area contributed by atoms with E-state index in [2.05, 4.69) is 10.3 Å². The number of anilines is 1. The highest BCUT2D eigenvalue weighted by Gasteiger charge is 2.12. The van der Waals surface area contributed by atoms with Gasteiger partial charge in [0.25, 0.3) is 11.5 Å². The highest BCUT2D eigenvalue weighted by Crippen LogP contribution is 2.15. The minimum absolute atomic E-state index is 0.000522. The van der Waals surface area contributed by atoms with Crippen LogP contribution in [-0.2, 0) is 0 Å². The van der Waals surface area contributed by atoms with Gasteiger partial charge in [-0.2, -0.15) is 0 Å². The molecular formula is C15H14N2O4. The molecule has 2 aromatic rings. The Kier molecular flexibility index (Phi) is 3.89. The number of benzene rings is 1. The second kappa shape index (κ2) is 5.62. The Hall–Kier alpha value is -2.89. The van der Waals surface area contributed by atoms with Crippen LogP contribution in [0.15, 0.2) is 35.1 Å². The molecule has 0 spiro atoms. The topological polar surface area (TPSA) is 99.3 Å². The molecule has 1 aromatic carbocycles. The van der Waals surface area contributed by atoms with Gasteiger partial charge < -0.3 is 15.4 Å². The maximum absolute atomic E-state index is 12.0. The maximum Gasteiger partial charge on any atom is 0.335 e. The number of H-pyrrole nitrogens is 1. The van der Waals surface area contributed by atoms with Crippen molar-refractivity contribution in [1.29, 1.82) is 0 Å². The summed E-state index contributed by atoms with van der Waals surface area (Å²) in [5.74, 6) is -1.57. The number of aromatic carboxylic acids is 1. The number of rotatable bonds is 3. The number of pyridine rings is 1. The summed E-state index contributed by atoms with van der Waals surface area (Å²) in [6, 6.07) is 7.52. The lowest BCUT2D eigenvalue weighted by molar-refractivity contribution is 0.0696. The van der Waals surface area contributed by atoms with Crippen LogP contribution in [0.3, 0.4) is 0 Å². The highest BCUT2D eigenvalue weighted by atomic mass is 16.4. The van der Waals surface area contributed by atoms with Gasteiger partial charge >= 0.3 is 5.97 Å². The lowest BCUT2D eigenvalue weighted by Gasteiger charge is -2.07. The normalized spacial score (nSPS) is 10.2. The SMILES string of the molecule is Cc1ccc(C(=O)Nc2ccc(C(=O)O)c(C)c2)c(=O)[nH]1. The van der Waals surface area contributed by atoms with Crippen LogP contribution in [0.25, 0.3) is 0 Å². The van der Waals surface area contributed by atoms with E-state index in [9.17, 15) is 14.4 Å². The van der Waals surface area contributed by atoms with E-state index in [-0.39, 0.29) is 11.1 Å². The Balaban J connectivity index is 2.26. The second-order valence-electron chi connectivity index (χ2n) is 4.67. The minimum atomic E-state index is -1.03. The number of aryl methyl sites for hydroxylation is 2. The zero-order chi connectivity index (χ0) is 15.6. The van der Waals surface area contributed by atoms with Gasteiger partial charge in [-0.25, -0.2) is 4.79 Å². The molecule has 0 saturated heterocycles. The van der Waals surface area contributed by atoms with Crippen LogP contribution in [0, 0.1) is 13.8 Å². The van der Waals surface area contributed by atoms with E-state index in [0.29, 0.717) is 16.9 Å². The van der Waals surface area contributed by atoms with Crippen molar-refractivity contribution in [3.8, 4) is 0 Å². The molecule has 2 rings (SSSR count). The second-order valence-corrected chi connectivity index (χ2v) is 4.67. The fraction of sp³-hybridized carbons (Fsp3) is 0.133. The summed E-state index contributed by atoms with van der Waals surface area (Å²) >= 11 is 0. The maximum atomic E-state index is 12.0. The number of hydrogen-bond acceptors (Lipinski definition) is 3. The highest BCUT2D eigenvalue weighted by molar-refractivity contribution is 6.04. The van der Waals surface area contributed by atoms with Gasteiger partial charge in [0.15, 0.2) is 0 Å². The van der Waals surface area contributed by atoms with Crippen molar-refractivity contribution in [3.63, 3.8) is 0 Å². The molecule has 0 saturated carbocycles. The van der Waals surface area contributed by atoms with E-state index in [0.717, 1.165) is 0 Å². The standard InChI is InChI=1S/C15H14N2O4/c1-8-7-10(4-6-11(8)15(20)21)17-14(19)12-5-3-9(2)16-13(12)18/h3-7H,1-2H3,(H,16,18)(H,17,19)(H,20,21). The van der Waals surface area contributed by atoms with E-state index in [1.165, 1.54) is 18.2 Å². The molecule has 1 amide bonds. The average Bonchev–Trinajstić information content (AvgIpc) is 2.37. The van der Waals surface area contributed by atoms with Gasteiger partial charge in [0.05, 0.1) is 5.56 Å². The molecule has 6 heteroatoms. The summed E-state index contributed by atoms with van der Waals surface area (Å²) in [5, 5.41) is 11.5. The van der Waals surface area contributed by atoms with Gasteiger partial charge in [-0.15, -0.1) is 0 Å². The van der Waals surface area contributed by atoms with Crippen LogP contribution in [0.4, 0.5) is 5.69 Å². The molecule has 0 radical (unpaired) electrons. The summed E-state index contributed by atoms with van der Waals surface area (Å²) in [6.07, 6.45) is 0. The lowest BCUT2D eigenvalue weighted by atomic mass is 10.1. The number of aromatic amines is 1. The van der Waals surface area contributed by atoms with E-state index in [1.54, 1.807) is 26.0 Å². The van der Waals surface area contributed by atoms with Gasteiger partial charge in [0, 0.05) is 11.4 Å². The number of hydrogen-bond donors (Lipinski definition) is 3. The zero-order valence-electron chi connectivity index (χ0n) is 11.6. The van der Waals surface area contributed by atoms with E-state index in [4.69, 9.17) is 5.11 Å². The van der Waals surface area contributed by atoms with Crippen LogP contribution in [0.2, 0.25) is 0 Å². The number of carboxylic acids is 1. The number of carboxylic acid groups (broad SMARTS) is 1. The van der Waals surface area contributed by atoms with Crippen LogP contribution in [0.5, 0.6) is 0 Å². The molecule has 6 nitrogen and oxygen atoms in total. The van der Waals surface area contributed by atoms with Gasteiger partial charge in [-0.05, 0) is 49.7 Å². The first-order valence-electron chi connectivity index (χ1n) is 6.23. The first kappa shape index (κ1) is 14.5. The molecule has 21 heavy (non-hydrogen) atoms. The van der Waals surface area contributed by atoms with Crippen molar-refractivity contribution in [2.24, 2.45) is 0 Å². The summed E-state index contributed by atoms with van der Waals surface area (Å²) in [6.45, 7) is 3.36. The number of amides is 1. The van der Waals surface area contributed by atoms with Gasteiger partial charge in [-0.3, -0.25) is 9.59 Å². The number of aromatic nitrogens is 1. The van der Waals surface area contributed by atoms with Gasteiger partial charge in [0.1, 0.15) is 5.56 Å². The van der Waals surface area contributed by atoms with E-state index < -0.39 is 17.4 Å². The number of carbonyl (C=O) groups excluding carboxylic acids is 1. The molecular weight excluding hydrogens is 272 g/mol. The molecule has 108 valence electrons. The first-order chi connectivity index (χ1) is 9.88. The molecule has 0 aliphatic heterocycles. The van der Waals surface area contributed by atoms with Crippen molar-refractivity contribution in [1.82, 2.24) is 4.98 Å². The zero-order valence-corrected chi connectivity index (χ0v) is 11.6. The third-order valence-corrected chi connectivity index (χ3v) is 3.01. The summed E-state index contributed by atoms with van der Waals surface area (Å²) in [5.41, 5.74) is 1.33. The van der Waals surface area contributed by atoms with Gasteiger partial charge in [0.2, 0.25) is 0 Å². The van der Waals surface area contributed by atoms with Crippen LogP contribution in [0.1, 0.15) is 32.0 Å². The van der Waals surface area contributed by atoms with Crippen molar-refractivity contribution in [2.75, 3.05) is 5.32 Å². The minimum Gasteiger partial charge on any atom is -0.478 e. The number of nitrogens with one attached hydrogen (secondary N) is 2. The molecule has 0 bridgehead atoms. The largest absolute Gasteiger partial charge is 0.478 e. The third-order valence-electron chi connectivity index (χ3n) is 3.01. The molecule has 0 aliphatic rings. The Bertz CT molecular complexity index is 777. The number of carbonyl (C=O) groups is 2. The smallest absolute Gasteiger partial charge is 0.335 e. The van der Waals surface area contributed by atoms with Gasteiger partial charge in [-0.1, -0.05) is 0 Å². The predicted molar refractivity (Wildman–Crippen MR) is 77.9 cm³/mol. The first-order valence-corrected chi connectivity index (χ1v) is 6.23. The van der Waals surface area contributed by atoms with Crippen LogP contribution >= 0.6 is 0 Å². The molecule has 0 atom stereocenters. The summed E-state index contributed by atoms with van der Waals surface area (Å²) in [7, 11) is 0. The Labute approximate surface area is 120 Å². The van der Waals surface area contributed by atoms with Crippen LogP contribution in [-0.4, -0.2) is 22.0 Å².